The van der Waals surface area contributed by atoms with Gasteiger partial charge >= 0.3 is 0 Å². The molecule has 1 fully saturated rings. The summed E-state index contributed by atoms with van der Waals surface area (Å²) in [6.07, 6.45) is 0.472. The van der Waals surface area contributed by atoms with E-state index in [2.05, 4.69) is 0 Å². The van der Waals surface area contributed by atoms with Crippen LogP contribution >= 0.6 is 0 Å². The van der Waals surface area contributed by atoms with Crippen molar-refractivity contribution in [1.82, 2.24) is 4.90 Å². The van der Waals surface area contributed by atoms with Crippen molar-refractivity contribution in [3.63, 3.8) is 0 Å². The SMILES string of the molecule is O=C(COCCc1ccccc1)N1CC(O)C1. The fourth-order valence-corrected chi connectivity index (χ4v) is 1.74. The number of ether oxygens (including phenoxy) is 1. The second kappa shape index (κ2) is 5.80. The molecular formula is C13H17NO3. The quantitative estimate of drug-likeness (QED) is 0.754. The van der Waals surface area contributed by atoms with Gasteiger partial charge in [0.1, 0.15) is 6.61 Å². The Kier molecular flexibility index (Phi) is 4.12. The van der Waals surface area contributed by atoms with Crippen molar-refractivity contribution in [3.8, 4) is 0 Å². The van der Waals surface area contributed by atoms with E-state index in [1.54, 1.807) is 4.90 Å². The fourth-order valence-electron chi connectivity index (χ4n) is 1.74. The van der Waals surface area contributed by atoms with Crippen LogP contribution in [0.25, 0.3) is 0 Å². The molecular weight excluding hydrogens is 218 g/mol. The Morgan fingerprint density at radius 3 is 2.71 bits per heavy atom. The largest absolute Gasteiger partial charge is 0.389 e. The zero-order valence-corrected chi connectivity index (χ0v) is 9.71. The van der Waals surface area contributed by atoms with Crippen LogP contribution in [-0.2, 0) is 16.0 Å². The van der Waals surface area contributed by atoms with E-state index in [4.69, 9.17) is 9.84 Å². The number of hydrogen-bond acceptors (Lipinski definition) is 3. The predicted molar refractivity (Wildman–Crippen MR) is 63.6 cm³/mol. The Morgan fingerprint density at radius 1 is 1.35 bits per heavy atom. The number of β-amino-alcohol motifs (C(OH)–C–C–N with tert-alkyl or cyclic N) is 1. The summed E-state index contributed by atoms with van der Waals surface area (Å²) in [5, 5.41) is 9.05. The van der Waals surface area contributed by atoms with Crippen LogP contribution in [0.1, 0.15) is 5.56 Å². The minimum Gasteiger partial charge on any atom is -0.389 e. The predicted octanol–water partition coefficient (Wildman–Crippen LogP) is 0.449. The van der Waals surface area contributed by atoms with E-state index >= 15 is 0 Å². The van der Waals surface area contributed by atoms with E-state index in [9.17, 15) is 4.79 Å². The first-order valence-electron chi connectivity index (χ1n) is 5.83. The summed E-state index contributed by atoms with van der Waals surface area (Å²) in [6.45, 7) is 1.55. The van der Waals surface area contributed by atoms with Gasteiger partial charge in [0.2, 0.25) is 5.91 Å². The number of hydrogen-bond donors (Lipinski definition) is 1. The van der Waals surface area contributed by atoms with Gasteiger partial charge in [0.25, 0.3) is 0 Å². The lowest BCUT2D eigenvalue weighted by atomic mass is 10.2. The number of benzene rings is 1. The molecule has 0 atom stereocenters. The highest BCUT2D eigenvalue weighted by molar-refractivity contribution is 5.78. The van der Waals surface area contributed by atoms with Crippen LogP contribution in [0.2, 0.25) is 0 Å². The number of carbonyl (C=O) groups is 1. The third-order valence-corrected chi connectivity index (χ3v) is 2.82. The van der Waals surface area contributed by atoms with E-state index in [0.29, 0.717) is 19.7 Å². The van der Waals surface area contributed by atoms with Crippen LogP contribution in [-0.4, -0.2) is 48.3 Å². The molecule has 1 aliphatic rings. The van der Waals surface area contributed by atoms with Crippen LogP contribution < -0.4 is 0 Å². The molecule has 0 aromatic heterocycles. The van der Waals surface area contributed by atoms with Crippen LogP contribution in [0, 0.1) is 0 Å². The molecule has 1 aliphatic heterocycles. The molecule has 4 heteroatoms. The summed E-state index contributed by atoms with van der Waals surface area (Å²) in [5.74, 6) is -0.0386. The smallest absolute Gasteiger partial charge is 0.248 e. The maximum absolute atomic E-state index is 11.5. The minimum absolute atomic E-state index is 0.0386. The first-order valence-corrected chi connectivity index (χ1v) is 5.83. The Labute approximate surface area is 101 Å². The normalized spacial score (nSPS) is 15.7. The monoisotopic (exact) mass is 235 g/mol. The summed E-state index contributed by atoms with van der Waals surface area (Å²) in [4.78, 5) is 13.1. The molecule has 2 rings (SSSR count). The van der Waals surface area contributed by atoms with Gasteiger partial charge in [-0.25, -0.2) is 0 Å². The Bertz CT molecular complexity index is 360. The van der Waals surface area contributed by atoms with Crippen LogP contribution in [0.4, 0.5) is 0 Å². The molecule has 0 bridgehead atoms. The number of rotatable bonds is 5. The van der Waals surface area contributed by atoms with Crippen molar-refractivity contribution >= 4 is 5.91 Å². The lowest BCUT2D eigenvalue weighted by Gasteiger charge is -2.35. The van der Waals surface area contributed by atoms with E-state index in [-0.39, 0.29) is 18.6 Å². The fraction of sp³-hybridized carbons (Fsp3) is 0.462. The number of carbonyl (C=O) groups excluding carboxylic acids is 1. The van der Waals surface area contributed by atoms with Gasteiger partial charge in [0.15, 0.2) is 0 Å². The molecule has 1 amide bonds. The molecule has 1 N–H and O–H groups in total. The Balaban J connectivity index is 1.59. The van der Waals surface area contributed by atoms with Crippen molar-refractivity contribution in [2.45, 2.75) is 12.5 Å². The second-order valence-electron chi connectivity index (χ2n) is 4.24. The summed E-state index contributed by atoms with van der Waals surface area (Å²) >= 11 is 0. The molecule has 1 heterocycles. The van der Waals surface area contributed by atoms with E-state index in [1.165, 1.54) is 5.56 Å². The lowest BCUT2D eigenvalue weighted by Crippen LogP contribution is -2.54. The summed E-state index contributed by atoms with van der Waals surface area (Å²) < 4.78 is 5.32. The summed E-state index contributed by atoms with van der Waals surface area (Å²) in [5.41, 5.74) is 1.21. The highest BCUT2D eigenvalue weighted by Gasteiger charge is 2.28. The van der Waals surface area contributed by atoms with Gasteiger partial charge < -0.3 is 14.7 Å². The molecule has 1 aromatic rings. The molecule has 0 aliphatic carbocycles. The molecule has 92 valence electrons. The standard InChI is InChI=1S/C13H17NO3/c15-12-8-14(9-12)13(16)10-17-7-6-11-4-2-1-3-5-11/h1-5,12,15H,6-10H2. The maximum Gasteiger partial charge on any atom is 0.248 e. The van der Waals surface area contributed by atoms with Gasteiger partial charge in [-0.05, 0) is 12.0 Å². The van der Waals surface area contributed by atoms with E-state index in [0.717, 1.165) is 6.42 Å². The molecule has 0 spiro atoms. The van der Waals surface area contributed by atoms with Gasteiger partial charge in [-0.2, -0.15) is 0 Å². The Morgan fingerprint density at radius 2 is 2.06 bits per heavy atom. The van der Waals surface area contributed by atoms with E-state index < -0.39 is 0 Å². The third-order valence-electron chi connectivity index (χ3n) is 2.82. The average Bonchev–Trinajstić information content (AvgIpc) is 2.32. The zero-order chi connectivity index (χ0) is 12.1. The van der Waals surface area contributed by atoms with Crippen molar-refractivity contribution in [1.29, 1.82) is 0 Å². The van der Waals surface area contributed by atoms with E-state index in [1.807, 2.05) is 30.3 Å². The van der Waals surface area contributed by atoms with Gasteiger partial charge in [-0.3, -0.25) is 4.79 Å². The number of likely N-dealkylation sites (tertiary alicyclic amines) is 1. The van der Waals surface area contributed by atoms with Crippen LogP contribution in [0.15, 0.2) is 30.3 Å². The topological polar surface area (TPSA) is 49.8 Å². The van der Waals surface area contributed by atoms with Gasteiger partial charge in [-0.15, -0.1) is 0 Å². The van der Waals surface area contributed by atoms with Crippen molar-refractivity contribution in [2.24, 2.45) is 0 Å². The van der Waals surface area contributed by atoms with Crippen molar-refractivity contribution < 1.29 is 14.6 Å². The lowest BCUT2D eigenvalue weighted by molar-refractivity contribution is -0.146. The number of aliphatic hydroxyl groups is 1. The Hall–Kier alpha value is -1.39. The molecule has 1 saturated heterocycles. The number of aliphatic hydroxyl groups excluding tert-OH is 1. The molecule has 0 radical (unpaired) electrons. The second-order valence-corrected chi connectivity index (χ2v) is 4.24. The first-order chi connectivity index (χ1) is 8.25. The molecule has 0 saturated carbocycles. The van der Waals surface area contributed by atoms with Gasteiger partial charge in [0, 0.05) is 13.1 Å². The van der Waals surface area contributed by atoms with Crippen molar-refractivity contribution in [3.05, 3.63) is 35.9 Å². The van der Waals surface area contributed by atoms with Crippen LogP contribution in [0.3, 0.4) is 0 Å². The molecule has 0 unspecified atom stereocenters. The molecule has 17 heavy (non-hydrogen) atoms. The number of nitrogens with zero attached hydrogens (tertiary/aromatic N) is 1. The highest BCUT2D eigenvalue weighted by atomic mass is 16.5. The van der Waals surface area contributed by atoms with Crippen molar-refractivity contribution in [2.75, 3.05) is 26.3 Å². The number of amides is 1. The average molecular weight is 235 g/mol. The third kappa shape index (κ3) is 3.54. The zero-order valence-electron chi connectivity index (χ0n) is 9.71. The van der Waals surface area contributed by atoms with Gasteiger partial charge in [0.05, 0.1) is 12.7 Å². The van der Waals surface area contributed by atoms with Crippen LogP contribution in [0.5, 0.6) is 0 Å². The maximum atomic E-state index is 11.5. The molecule has 4 nitrogen and oxygen atoms in total. The summed E-state index contributed by atoms with van der Waals surface area (Å²) in [7, 11) is 0. The summed E-state index contributed by atoms with van der Waals surface area (Å²) in [6, 6.07) is 10.0. The first kappa shape index (κ1) is 12.1. The highest BCUT2D eigenvalue weighted by Crippen LogP contribution is 2.07. The van der Waals surface area contributed by atoms with Gasteiger partial charge in [-0.1, -0.05) is 30.3 Å². The minimum atomic E-state index is -0.344. The molecule has 1 aromatic carbocycles.